The van der Waals surface area contributed by atoms with E-state index in [4.69, 9.17) is 25.8 Å². The lowest BCUT2D eigenvalue weighted by atomic mass is 10.2. The zero-order valence-corrected chi connectivity index (χ0v) is 10.9. The molecule has 0 bridgehead atoms. The van der Waals surface area contributed by atoms with Crippen molar-refractivity contribution in [2.24, 2.45) is 0 Å². The lowest BCUT2D eigenvalue weighted by Gasteiger charge is -2.05. The van der Waals surface area contributed by atoms with Gasteiger partial charge in [0, 0.05) is 0 Å². The first-order valence-corrected chi connectivity index (χ1v) is 6.27. The normalized spacial score (nSPS) is 12.7. The number of aromatic nitrogens is 1. The fraction of sp³-hybridized carbons (Fsp3) is 0.214. The molecule has 1 aromatic heterocycles. The molecule has 0 unspecified atom stereocenters. The van der Waals surface area contributed by atoms with Gasteiger partial charge in [0.15, 0.2) is 11.5 Å². The maximum Gasteiger partial charge on any atom is 0.231 e. The van der Waals surface area contributed by atoms with Crippen LogP contribution < -0.4 is 9.47 Å². The Hall–Kier alpha value is -1.78. The van der Waals surface area contributed by atoms with Crippen LogP contribution in [-0.2, 0) is 18.0 Å². The Bertz CT molecular complexity index is 589. The summed E-state index contributed by atoms with van der Waals surface area (Å²) in [5, 5.41) is 0.476. The van der Waals surface area contributed by atoms with E-state index in [1.165, 1.54) is 0 Å². The fourth-order valence-corrected chi connectivity index (χ4v) is 2.02. The van der Waals surface area contributed by atoms with Gasteiger partial charge < -0.3 is 14.2 Å². The second kappa shape index (κ2) is 5.47. The van der Waals surface area contributed by atoms with Gasteiger partial charge in [0.05, 0.1) is 18.9 Å². The summed E-state index contributed by atoms with van der Waals surface area (Å²) in [5.74, 6) is 1.54. The minimum atomic E-state index is 0.284. The molecule has 1 aliphatic heterocycles. The van der Waals surface area contributed by atoms with Crippen LogP contribution in [0.1, 0.15) is 11.3 Å². The molecule has 0 saturated carbocycles. The van der Waals surface area contributed by atoms with Gasteiger partial charge in [-0.25, -0.2) is 4.98 Å². The van der Waals surface area contributed by atoms with E-state index in [1.807, 2.05) is 30.3 Å². The van der Waals surface area contributed by atoms with Crippen molar-refractivity contribution >= 4 is 11.6 Å². The van der Waals surface area contributed by atoms with Crippen LogP contribution in [0.5, 0.6) is 11.5 Å². The highest BCUT2D eigenvalue weighted by Crippen LogP contribution is 2.32. The molecule has 1 aromatic carbocycles. The molecule has 0 aliphatic carbocycles. The van der Waals surface area contributed by atoms with Crippen molar-refractivity contribution in [2.45, 2.75) is 13.2 Å². The molecule has 0 saturated heterocycles. The second-order valence-electron chi connectivity index (χ2n) is 4.13. The Morgan fingerprint density at radius 1 is 1.11 bits per heavy atom. The lowest BCUT2D eigenvalue weighted by Crippen LogP contribution is -1.96. The third kappa shape index (κ3) is 2.97. The Balaban J connectivity index is 1.58. The summed E-state index contributed by atoms with van der Waals surface area (Å²) < 4.78 is 16.2. The van der Waals surface area contributed by atoms with E-state index in [9.17, 15) is 0 Å². The molecule has 0 amide bonds. The number of hydrogen-bond acceptors (Lipinski definition) is 4. The first-order valence-electron chi connectivity index (χ1n) is 5.89. The quantitative estimate of drug-likeness (QED) is 0.805. The van der Waals surface area contributed by atoms with Crippen molar-refractivity contribution < 1.29 is 14.2 Å². The van der Waals surface area contributed by atoms with Crippen molar-refractivity contribution in [1.82, 2.24) is 4.98 Å². The average molecular weight is 278 g/mol. The monoisotopic (exact) mass is 277 g/mol. The van der Waals surface area contributed by atoms with Crippen LogP contribution in [0.4, 0.5) is 0 Å². The van der Waals surface area contributed by atoms with Crippen LogP contribution in [0.15, 0.2) is 36.4 Å². The maximum atomic E-state index is 5.81. The Morgan fingerprint density at radius 2 is 2.00 bits per heavy atom. The van der Waals surface area contributed by atoms with E-state index in [1.54, 1.807) is 6.07 Å². The lowest BCUT2D eigenvalue weighted by molar-refractivity contribution is 0.104. The third-order valence-corrected chi connectivity index (χ3v) is 2.94. The average Bonchev–Trinajstić information content (AvgIpc) is 2.86. The molecule has 0 atom stereocenters. The van der Waals surface area contributed by atoms with Gasteiger partial charge >= 0.3 is 0 Å². The summed E-state index contributed by atoms with van der Waals surface area (Å²) >= 11 is 5.81. The molecular weight excluding hydrogens is 266 g/mol. The largest absolute Gasteiger partial charge is 0.454 e. The molecule has 0 spiro atoms. The number of nitrogens with zero attached hydrogens (tertiary/aromatic N) is 1. The molecule has 0 N–H and O–H groups in total. The van der Waals surface area contributed by atoms with E-state index >= 15 is 0 Å². The van der Waals surface area contributed by atoms with Gasteiger partial charge in [-0.15, -0.1) is 0 Å². The fourth-order valence-electron chi connectivity index (χ4n) is 1.83. The van der Waals surface area contributed by atoms with E-state index in [0.29, 0.717) is 18.4 Å². The number of fused-ring (bicyclic) bond motifs is 1. The van der Waals surface area contributed by atoms with Crippen molar-refractivity contribution in [3.63, 3.8) is 0 Å². The summed E-state index contributed by atoms with van der Waals surface area (Å²) in [7, 11) is 0. The van der Waals surface area contributed by atoms with Crippen molar-refractivity contribution in [1.29, 1.82) is 0 Å². The Morgan fingerprint density at radius 3 is 2.89 bits per heavy atom. The molecule has 1 aliphatic rings. The predicted octanol–water partition coefficient (Wildman–Crippen LogP) is 3.18. The smallest absolute Gasteiger partial charge is 0.231 e. The van der Waals surface area contributed by atoms with Crippen LogP contribution in [0, 0.1) is 0 Å². The minimum absolute atomic E-state index is 0.284. The number of halogens is 1. The SMILES string of the molecule is Clc1cccc(COCc2ccc3c(c2)OCO3)n1. The highest BCUT2D eigenvalue weighted by atomic mass is 35.5. The summed E-state index contributed by atoms with van der Waals surface area (Å²) in [6, 6.07) is 11.2. The van der Waals surface area contributed by atoms with E-state index < -0.39 is 0 Å². The number of hydrogen-bond donors (Lipinski definition) is 0. The number of pyridine rings is 1. The van der Waals surface area contributed by atoms with Crippen LogP contribution in [-0.4, -0.2) is 11.8 Å². The van der Waals surface area contributed by atoms with Crippen LogP contribution in [0.3, 0.4) is 0 Å². The third-order valence-electron chi connectivity index (χ3n) is 2.73. The van der Waals surface area contributed by atoms with Gasteiger partial charge in [-0.2, -0.15) is 0 Å². The summed E-state index contributed by atoms with van der Waals surface area (Å²) in [4.78, 5) is 4.16. The second-order valence-corrected chi connectivity index (χ2v) is 4.52. The molecule has 0 radical (unpaired) electrons. The topological polar surface area (TPSA) is 40.6 Å². The Labute approximate surface area is 115 Å². The standard InChI is InChI=1S/C14H12ClNO3/c15-14-3-1-2-11(16-14)8-17-7-10-4-5-12-13(6-10)19-9-18-12/h1-6H,7-9H2. The van der Waals surface area contributed by atoms with Gasteiger partial charge in [0.25, 0.3) is 0 Å². The highest BCUT2D eigenvalue weighted by molar-refractivity contribution is 6.29. The first kappa shape index (κ1) is 12.3. The summed E-state index contributed by atoms with van der Waals surface area (Å²) in [6.07, 6.45) is 0. The van der Waals surface area contributed by atoms with Gasteiger partial charge in [-0.05, 0) is 29.8 Å². The minimum Gasteiger partial charge on any atom is -0.454 e. The Kier molecular flexibility index (Phi) is 3.53. The van der Waals surface area contributed by atoms with E-state index in [2.05, 4.69) is 4.98 Å². The van der Waals surface area contributed by atoms with Crippen LogP contribution >= 0.6 is 11.6 Å². The number of ether oxygens (including phenoxy) is 3. The molecule has 2 aromatic rings. The molecule has 98 valence electrons. The maximum absolute atomic E-state index is 5.81. The van der Waals surface area contributed by atoms with Gasteiger partial charge in [0.1, 0.15) is 5.15 Å². The van der Waals surface area contributed by atoms with E-state index in [0.717, 1.165) is 22.8 Å². The van der Waals surface area contributed by atoms with Gasteiger partial charge in [-0.1, -0.05) is 23.7 Å². The van der Waals surface area contributed by atoms with Gasteiger partial charge in [0.2, 0.25) is 6.79 Å². The molecule has 4 nitrogen and oxygen atoms in total. The first-order chi connectivity index (χ1) is 9.31. The number of rotatable bonds is 4. The van der Waals surface area contributed by atoms with Crippen molar-refractivity contribution in [3.05, 3.63) is 52.8 Å². The van der Waals surface area contributed by atoms with Crippen molar-refractivity contribution in [3.8, 4) is 11.5 Å². The molecular formula is C14H12ClNO3. The zero-order chi connectivity index (χ0) is 13.1. The summed E-state index contributed by atoms with van der Waals surface area (Å²) in [6.45, 7) is 1.20. The molecule has 5 heteroatoms. The van der Waals surface area contributed by atoms with E-state index in [-0.39, 0.29) is 6.79 Å². The van der Waals surface area contributed by atoms with Crippen LogP contribution in [0.25, 0.3) is 0 Å². The molecule has 19 heavy (non-hydrogen) atoms. The molecule has 2 heterocycles. The van der Waals surface area contributed by atoms with Gasteiger partial charge in [-0.3, -0.25) is 0 Å². The highest BCUT2D eigenvalue weighted by Gasteiger charge is 2.12. The van der Waals surface area contributed by atoms with Crippen LogP contribution in [0.2, 0.25) is 5.15 Å². The zero-order valence-electron chi connectivity index (χ0n) is 10.1. The van der Waals surface area contributed by atoms with Crippen molar-refractivity contribution in [2.75, 3.05) is 6.79 Å². The molecule has 3 rings (SSSR count). The predicted molar refractivity (Wildman–Crippen MR) is 70.3 cm³/mol. The molecule has 0 fully saturated rings. The summed E-state index contributed by atoms with van der Waals surface area (Å²) in [5.41, 5.74) is 1.85. The number of benzene rings is 1.